The maximum atomic E-state index is 12.0. The Morgan fingerprint density at radius 3 is 2.81 bits per heavy atom. The molecule has 0 N–H and O–H groups in total. The molecule has 0 unspecified atom stereocenters. The van der Waals surface area contributed by atoms with Crippen molar-refractivity contribution >= 4 is 23.4 Å². The third kappa shape index (κ3) is 2.07. The Balaban J connectivity index is 2.30. The number of hydrogen-bond donors (Lipinski definition) is 0. The minimum atomic E-state index is -0.282. The van der Waals surface area contributed by atoms with Gasteiger partial charge in [-0.15, -0.1) is 0 Å². The van der Waals surface area contributed by atoms with E-state index in [1.807, 2.05) is 0 Å². The predicted octanol–water partition coefficient (Wildman–Crippen LogP) is 1.81. The number of carbonyl (C=O) groups is 2. The minimum absolute atomic E-state index is 0.115. The monoisotopic (exact) mass is 238 g/mol. The van der Waals surface area contributed by atoms with Gasteiger partial charge in [-0.2, -0.15) is 0 Å². The topological polar surface area (TPSA) is 50.3 Å². The van der Waals surface area contributed by atoms with Gasteiger partial charge in [0.15, 0.2) is 0 Å². The van der Waals surface area contributed by atoms with E-state index in [0.29, 0.717) is 24.2 Å². The molecule has 1 aliphatic heterocycles. The van der Waals surface area contributed by atoms with Crippen molar-refractivity contribution in [3.63, 3.8) is 0 Å². The highest BCUT2D eigenvalue weighted by Crippen LogP contribution is 2.17. The number of imide groups is 1. The van der Waals surface area contributed by atoms with Gasteiger partial charge in [0.1, 0.15) is 5.15 Å². The Hall–Kier alpha value is -1.42. The fraction of sp³-hybridized carbons (Fsp3) is 0.364. The van der Waals surface area contributed by atoms with Crippen molar-refractivity contribution in [2.24, 2.45) is 0 Å². The molecule has 1 aliphatic rings. The first-order valence-corrected chi connectivity index (χ1v) is 5.44. The second kappa shape index (κ2) is 4.22. The van der Waals surface area contributed by atoms with Gasteiger partial charge in [0.05, 0.1) is 0 Å². The van der Waals surface area contributed by atoms with Crippen LogP contribution in [0.25, 0.3) is 0 Å². The Morgan fingerprint density at radius 1 is 1.50 bits per heavy atom. The van der Waals surface area contributed by atoms with Crippen LogP contribution in [-0.2, 0) is 4.79 Å². The number of aryl methyl sites for hydroxylation is 1. The van der Waals surface area contributed by atoms with E-state index in [9.17, 15) is 9.59 Å². The molecular formula is C11H11ClN2O2. The summed E-state index contributed by atoms with van der Waals surface area (Å²) in [7, 11) is 0. The second-order valence-electron chi connectivity index (χ2n) is 3.77. The Morgan fingerprint density at radius 2 is 2.25 bits per heavy atom. The summed E-state index contributed by atoms with van der Waals surface area (Å²) in [5, 5.41) is 0.273. The van der Waals surface area contributed by atoms with Crippen molar-refractivity contribution in [1.29, 1.82) is 0 Å². The van der Waals surface area contributed by atoms with Crippen molar-refractivity contribution in [1.82, 2.24) is 9.88 Å². The normalized spacial score (nSPS) is 15.6. The standard InChI is InChI=1S/C11H11ClN2O2/c1-7-5-8(6-9(12)13-7)11(16)14-4-2-3-10(14)15/h5-6H,2-4H2,1H3. The largest absolute Gasteiger partial charge is 0.279 e. The van der Waals surface area contributed by atoms with E-state index in [1.165, 1.54) is 11.0 Å². The van der Waals surface area contributed by atoms with Gasteiger partial charge >= 0.3 is 0 Å². The average Bonchev–Trinajstić information content (AvgIpc) is 2.62. The van der Waals surface area contributed by atoms with Crippen LogP contribution in [0, 0.1) is 6.92 Å². The zero-order chi connectivity index (χ0) is 11.7. The Kier molecular flexibility index (Phi) is 2.92. The van der Waals surface area contributed by atoms with Gasteiger partial charge < -0.3 is 0 Å². The molecule has 1 saturated heterocycles. The predicted molar refractivity (Wildman–Crippen MR) is 59.3 cm³/mol. The van der Waals surface area contributed by atoms with Crippen LogP contribution in [0.15, 0.2) is 12.1 Å². The summed E-state index contributed by atoms with van der Waals surface area (Å²) in [6.45, 7) is 2.26. The van der Waals surface area contributed by atoms with Gasteiger partial charge in [0, 0.05) is 24.2 Å². The SMILES string of the molecule is Cc1cc(C(=O)N2CCCC2=O)cc(Cl)n1. The lowest BCUT2D eigenvalue weighted by atomic mass is 10.2. The van der Waals surface area contributed by atoms with Crippen LogP contribution in [0.5, 0.6) is 0 Å². The zero-order valence-electron chi connectivity index (χ0n) is 8.86. The van der Waals surface area contributed by atoms with Crippen LogP contribution in [0.3, 0.4) is 0 Å². The smallest absolute Gasteiger partial charge is 0.260 e. The minimum Gasteiger partial charge on any atom is -0.279 e. The van der Waals surface area contributed by atoms with E-state index in [1.54, 1.807) is 13.0 Å². The van der Waals surface area contributed by atoms with Crippen molar-refractivity contribution in [3.05, 3.63) is 28.5 Å². The van der Waals surface area contributed by atoms with Gasteiger partial charge in [-0.1, -0.05) is 11.6 Å². The summed E-state index contributed by atoms with van der Waals surface area (Å²) in [4.78, 5) is 28.6. The molecule has 84 valence electrons. The highest BCUT2D eigenvalue weighted by Gasteiger charge is 2.27. The van der Waals surface area contributed by atoms with Gasteiger partial charge in [0.2, 0.25) is 5.91 Å². The molecule has 1 aromatic heterocycles. The Bertz CT molecular complexity index is 439. The quantitative estimate of drug-likeness (QED) is 0.554. The third-order valence-corrected chi connectivity index (χ3v) is 2.68. The summed E-state index contributed by atoms with van der Waals surface area (Å²) >= 11 is 5.77. The molecule has 1 aromatic rings. The molecule has 0 atom stereocenters. The first-order valence-electron chi connectivity index (χ1n) is 5.07. The van der Waals surface area contributed by atoms with E-state index in [0.717, 1.165) is 6.42 Å². The number of amides is 2. The molecule has 0 aromatic carbocycles. The van der Waals surface area contributed by atoms with Gasteiger partial charge in [-0.3, -0.25) is 14.5 Å². The lowest BCUT2D eigenvalue weighted by Crippen LogP contribution is -2.31. The molecule has 1 fully saturated rings. The summed E-state index contributed by atoms with van der Waals surface area (Å²) in [5.74, 6) is -0.398. The van der Waals surface area contributed by atoms with Crippen LogP contribution in [0.2, 0.25) is 5.15 Å². The summed E-state index contributed by atoms with van der Waals surface area (Å²) in [6.07, 6.45) is 1.19. The molecule has 0 radical (unpaired) electrons. The van der Waals surface area contributed by atoms with Crippen molar-refractivity contribution < 1.29 is 9.59 Å². The van der Waals surface area contributed by atoms with Crippen LogP contribution in [0.4, 0.5) is 0 Å². The molecule has 16 heavy (non-hydrogen) atoms. The van der Waals surface area contributed by atoms with E-state index in [-0.39, 0.29) is 17.0 Å². The van der Waals surface area contributed by atoms with Crippen LogP contribution < -0.4 is 0 Å². The molecule has 2 rings (SSSR count). The summed E-state index contributed by atoms with van der Waals surface area (Å²) in [5.41, 5.74) is 1.09. The van der Waals surface area contributed by atoms with Crippen LogP contribution in [0.1, 0.15) is 28.9 Å². The zero-order valence-corrected chi connectivity index (χ0v) is 9.62. The molecule has 4 nitrogen and oxygen atoms in total. The highest BCUT2D eigenvalue weighted by molar-refractivity contribution is 6.29. The Labute approximate surface area is 98.2 Å². The molecule has 2 heterocycles. The molecule has 2 amide bonds. The number of aromatic nitrogens is 1. The fourth-order valence-corrected chi connectivity index (χ4v) is 2.02. The van der Waals surface area contributed by atoms with Crippen molar-refractivity contribution in [2.45, 2.75) is 19.8 Å². The second-order valence-corrected chi connectivity index (χ2v) is 4.16. The van der Waals surface area contributed by atoms with Crippen LogP contribution >= 0.6 is 11.6 Å². The maximum absolute atomic E-state index is 12.0. The van der Waals surface area contributed by atoms with Crippen molar-refractivity contribution in [3.8, 4) is 0 Å². The van der Waals surface area contributed by atoms with E-state index in [4.69, 9.17) is 11.6 Å². The first-order chi connectivity index (χ1) is 7.58. The number of nitrogens with zero attached hydrogens (tertiary/aromatic N) is 2. The van der Waals surface area contributed by atoms with E-state index < -0.39 is 0 Å². The lowest BCUT2D eigenvalue weighted by molar-refractivity contribution is -0.125. The molecule has 0 saturated carbocycles. The van der Waals surface area contributed by atoms with Gasteiger partial charge in [-0.05, 0) is 25.5 Å². The van der Waals surface area contributed by atoms with Gasteiger partial charge in [-0.25, -0.2) is 4.98 Å². The third-order valence-electron chi connectivity index (χ3n) is 2.49. The number of pyridine rings is 1. The van der Waals surface area contributed by atoms with Crippen molar-refractivity contribution in [2.75, 3.05) is 6.54 Å². The summed E-state index contributed by atoms with van der Waals surface area (Å²) < 4.78 is 0. The number of hydrogen-bond acceptors (Lipinski definition) is 3. The maximum Gasteiger partial charge on any atom is 0.260 e. The number of rotatable bonds is 1. The molecule has 0 aliphatic carbocycles. The number of halogens is 1. The van der Waals surface area contributed by atoms with E-state index in [2.05, 4.69) is 4.98 Å². The number of likely N-dealkylation sites (tertiary alicyclic amines) is 1. The average molecular weight is 239 g/mol. The fourth-order valence-electron chi connectivity index (χ4n) is 1.77. The molecular weight excluding hydrogens is 228 g/mol. The van der Waals surface area contributed by atoms with Crippen LogP contribution in [-0.4, -0.2) is 28.2 Å². The van der Waals surface area contributed by atoms with Gasteiger partial charge in [0.25, 0.3) is 5.91 Å². The first kappa shape index (κ1) is 11.1. The molecule has 5 heteroatoms. The lowest BCUT2D eigenvalue weighted by Gasteiger charge is -2.13. The summed E-state index contributed by atoms with van der Waals surface area (Å²) in [6, 6.07) is 3.13. The molecule has 0 spiro atoms. The molecule has 0 bridgehead atoms. The highest BCUT2D eigenvalue weighted by atomic mass is 35.5. The van der Waals surface area contributed by atoms with E-state index >= 15 is 0 Å². The number of carbonyl (C=O) groups excluding carboxylic acids is 2.